The second-order valence-electron chi connectivity index (χ2n) is 8.85. The standard InChI is InChI=1S/C26H35N3O4/c30-25(28-18-21-11-16-31-17-12-21)20-29-14-5-1-2-6-15-32-23-9-3-4-10-24(23)33-26-22(19-29)8-7-13-27-26/h3-4,7-10,13,21H,1-2,5-6,11-12,14-20H2,(H,28,30). The Labute approximate surface area is 196 Å². The minimum absolute atomic E-state index is 0.0766. The minimum Gasteiger partial charge on any atom is -0.490 e. The maximum Gasteiger partial charge on any atom is 0.234 e. The number of benzene rings is 1. The number of hydrogen-bond donors (Lipinski definition) is 1. The van der Waals surface area contributed by atoms with Crippen molar-refractivity contribution in [2.24, 2.45) is 5.92 Å². The van der Waals surface area contributed by atoms with E-state index in [1.807, 2.05) is 36.4 Å². The molecule has 33 heavy (non-hydrogen) atoms. The second kappa shape index (κ2) is 12.6. The van der Waals surface area contributed by atoms with Gasteiger partial charge in [0, 0.05) is 38.1 Å². The van der Waals surface area contributed by atoms with E-state index in [1.165, 1.54) is 0 Å². The number of pyridine rings is 1. The van der Waals surface area contributed by atoms with Crippen LogP contribution in [0, 0.1) is 5.92 Å². The van der Waals surface area contributed by atoms with E-state index in [0.717, 1.165) is 76.1 Å². The van der Waals surface area contributed by atoms with E-state index >= 15 is 0 Å². The maximum atomic E-state index is 12.8. The van der Waals surface area contributed by atoms with Gasteiger partial charge in [-0.05, 0) is 56.3 Å². The van der Waals surface area contributed by atoms with E-state index in [2.05, 4.69) is 15.2 Å². The Kier molecular flexibility index (Phi) is 8.95. The van der Waals surface area contributed by atoms with Crippen molar-refractivity contribution in [1.82, 2.24) is 15.2 Å². The van der Waals surface area contributed by atoms with Crippen LogP contribution < -0.4 is 14.8 Å². The molecule has 0 spiro atoms. The average Bonchev–Trinajstić information content (AvgIpc) is 2.84. The fourth-order valence-corrected chi connectivity index (χ4v) is 4.29. The van der Waals surface area contributed by atoms with Gasteiger partial charge in [-0.25, -0.2) is 4.98 Å². The lowest BCUT2D eigenvalue weighted by atomic mass is 10.0. The van der Waals surface area contributed by atoms with Gasteiger partial charge >= 0.3 is 0 Å². The third-order valence-electron chi connectivity index (χ3n) is 6.22. The molecule has 2 aliphatic heterocycles. The smallest absolute Gasteiger partial charge is 0.234 e. The van der Waals surface area contributed by atoms with Gasteiger partial charge in [-0.2, -0.15) is 0 Å². The summed E-state index contributed by atoms with van der Waals surface area (Å²) in [5.74, 6) is 2.54. The quantitative estimate of drug-likeness (QED) is 0.749. The Morgan fingerprint density at radius 1 is 1.00 bits per heavy atom. The summed E-state index contributed by atoms with van der Waals surface area (Å²) >= 11 is 0. The Balaban J connectivity index is 1.44. The predicted octanol–water partition coefficient (Wildman–Crippen LogP) is 4.17. The van der Waals surface area contributed by atoms with E-state index in [1.54, 1.807) is 6.20 Å². The van der Waals surface area contributed by atoms with Gasteiger partial charge in [0.25, 0.3) is 0 Å². The van der Waals surface area contributed by atoms with Crippen molar-refractivity contribution in [2.75, 3.05) is 39.5 Å². The number of fused-ring (bicyclic) bond motifs is 2. The summed E-state index contributed by atoms with van der Waals surface area (Å²) in [5, 5.41) is 3.14. The first-order chi connectivity index (χ1) is 16.3. The number of rotatable bonds is 4. The largest absolute Gasteiger partial charge is 0.490 e. The molecule has 1 aromatic heterocycles. The molecule has 178 valence electrons. The molecule has 7 heteroatoms. The zero-order valence-corrected chi connectivity index (χ0v) is 19.3. The molecular formula is C26H35N3O4. The SMILES string of the molecule is O=C(CN1CCCCCCOc2ccccc2Oc2ncccc2C1)NCC1CCOCC1. The van der Waals surface area contributed by atoms with Gasteiger partial charge in [-0.1, -0.05) is 31.0 Å². The Morgan fingerprint density at radius 3 is 2.70 bits per heavy atom. The van der Waals surface area contributed by atoms with Gasteiger partial charge in [-0.3, -0.25) is 9.69 Å². The molecule has 7 nitrogen and oxygen atoms in total. The number of ether oxygens (including phenoxy) is 3. The Morgan fingerprint density at radius 2 is 1.82 bits per heavy atom. The highest BCUT2D eigenvalue weighted by molar-refractivity contribution is 5.78. The third kappa shape index (κ3) is 7.44. The lowest BCUT2D eigenvalue weighted by Gasteiger charge is -2.25. The number of amides is 1. The predicted molar refractivity (Wildman–Crippen MR) is 127 cm³/mol. The van der Waals surface area contributed by atoms with Gasteiger partial charge in [0.15, 0.2) is 11.5 Å². The first-order valence-corrected chi connectivity index (χ1v) is 12.2. The second-order valence-corrected chi connectivity index (χ2v) is 8.85. The van der Waals surface area contributed by atoms with E-state index in [4.69, 9.17) is 14.2 Å². The summed E-state index contributed by atoms with van der Waals surface area (Å²) in [6.07, 6.45) is 8.02. The van der Waals surface area contributed by atoms with Crippen LogP contribution in [0.4, 0.5) is 0 Å². The van der Waals surface area contributed by atoms with Crippen LogP contribution >= 0.6 is 0 Å². The molecule has 0 saturated carbocycles. The van der Waals surface area contributed by atoms with Crippen LogP contribution in [0.25, 0.3) is 0 Å². The molecule has 1 aromatic carbocycles. The van der Waals surface area contributed by atoms with Crippen LogP contribution in [0.5, 0.6) is 17.4 Å². The summed E-state index contributed by atoms with van der Waals surface area (Å²) in [7, 11) is 0. The van der Waals surface area contributed by atoms with Crippen LogP contribution in [0.2, 0.25) is 0 Å². The molecule has 0 unspecified atom stereocenters. The van der Waals surface area contributed by atoms with Crippen LogP contribution in [-0.2, 0) is 16.1 Å². The van der Waals surface area contributed by atoms with Crippen LogP contribution in [0.1, 0.15) is 44.1 Å². The molecular weight excluding hydrogens is 418 g/mol. The molecule has 2 aliphatic rings. The lowest BCUT2D eigenvalue weighted by Crippen LogP contribution is -2.40. The van der Waals surface area contributed by atoms with Crippen LogP contribution in [0.3, 0.4) is 0 Å². The molecule has 0 bridgehead atoms. The van der Waals surface area contributed by atoms with Gasteiger partial charge in [0.05, 0.1) is 13.2 Å². The average molecular weight is 454 g/mol. The number of nitrogens with one attached hydrogen (secondary N) is 1. The van der Waals surface area contributed by atoms with Gasteiger partial charge in [0.2, 0.25) is 11.8 Å². The first-order valence-electron chi connectivity index (χ1n) is 12.2. The molecule has 2 aromatic rings. The van der Waals surface area contributed by atoms with Crippen molar-refractivity contribution in [3.05, 3.63) is 48.2 Å². The Hall–Kier alpha value is -2.64. The van der Waals surface area contributed by atoms with Gasteiger partial charge < -0.3 is 19.5 Å². The Bertz CT molecular complexity index is 885. The molecule has 0 atom stereocenters. The zero-order valence-electron chi connectivity index (χ0n) is 19.3. The monoisotopic (exact) mass is 453 g/mol. The number of carbonyl (C=O) groups excluding carboxylic acids is 1. The third-order valence-corrected chi connectivity index (χ3v) is 6.22. The van der Waals surface area contributed by atoms with Crippen LogP contribution in [-0.4, -0.2) is 55.2 Å². The summed E-state index contributed by atoms with van der Waals surface area (Å²) in [6.45, 7) is 4.82. The van der Waals surface area contributed by atoms with E-state index in [-0.39, 0.29) is 5.91 Å². The number of para-hydroxylation sites is 2. The van der Waals surface area contributed by atoms with Crippen molar-refractivity contribution < 1.29 is 19.0 Å². The molecule has 1 fully saturated rings. The van der Waals surface area contributed by atoms with Crippen molar-refractivity contribution in [2.45, 2.75) is 45.1 Å². The van der Waals surface area contributed by atoms with E-state index < -0.39 is 0 Å². The van der Waals surface area contributed by atoms with Gasteiger partial charge in [0.1, 0.15) is 0 Å². The number of nitrogens with zero attached hydrogens (tertiary/aromatic N) is 2. The normalized spacial score (nSPS) is 18.7. The molecule has 1 saturated heterocycles. The van der Waals surface area contributed by atoms with Gasteiger partial charge in [-0.15, -0.1) is 0 Å². The van der Waals surface area contributed by atoms with Crippen molar-refractivity contribution in [1.29, 1.82) is 0 Å². The fourth-order valence-electron chi connectivity index (χ4n) is 4.29. The number of carbonyl (C=O) groups is 1. The molecule has 4 rings (SSSR count). The summed E-state index contributed by atoms with van der Waals surface area (Å²) in [4.78, 5) is 19.4. The number of aromatic nitrogens is 1. The fraction of sp³-hybridized carbons (Fsp3) is 0.538. The summed E-state index contributed by atoms with van der Waals surface area (Å²) in [5.41, 5.74) is 0.960. The van der Waals surface area contributed by atoms with Crippen molar-refractivity contribution in [3.63, 3.8) is 0 Å². The van der Waals surface area contributed by atoms with Crippen molar-refractivity contribution in [3.8, 4) is 17.4 Å². The highest BCUT2D eigenvalue weighted by Crippen LogP contribution is 2.32. The summed E-state index contributed by atoms with van der Waals surface area (Å²) < 4.78 is 17.6. The molecule has 0 aliphatic carbocycles. The molecule has 0 radical (unpaired) electrons. The highest BCUT2D eigenvalue weighted by Gasteiger charge is 2.18. The van der Waals surface area contributed by atoms with E-state index in [0.29, 0.717) is 37.2 Å². The lowest BCUT2D eigenvalue weighted by molar-refractivity contribution is -0.122. The van der Waals surface area contributed by atoms with Crippen LogP contribution in [0.15, 0.2) is 42.6 Å². The molecule has 1 N–H and O–H groups in total. The molecule has 1 amide bonds. The van der Waals surface area contributed by atoms with Crippen molar-refractivity contribution >= 4 is 5.91 Å². The van der Waals surface area contributed by atoms with E-state index in [9.17, 15) is 4.79 Å². The summed E-state index contributed by atoms with van der Waals surface area (Å²) in [6, 6.07) is 11.6. The maximum absolute atomic E-state index is 12.8. The molecule has 3 heterocycles. The highest BCUT2D eigenvalue weighted by atomic mass is 16.5. The topological polar surface area (TPSA) is 72.9 Å². The number of hydrogen-bond acceptors (Lipinski definition) is 6. The first kappa shape index (κ1) is 23.5. The minimum atomic E-state index is 0.0766. The zero-order chi connectivity index (χ0) is 22.7.